The Hall–Kier alpha value is -2.65. The Balaban J connectivity index is 1.99. The van der Waals surface area contributed by atoms with Crippen LogP contribution in [0.4, 0.5) is 17.1 Å². The fraction of sp³-hybridized carbons (Fsp3) is 0.235. The van der Waals surface area contributed by atoms with E-state index in [1.165, 1.54) is 22.5 Å². The molecule has 0 saturated carbocycles. The Bertz CT molecular complexity index is 935. The fourth-order valence-electron chi connectivity index (χ4n) is 2.40. The van der Waals surface area contributed by atoms with Crippen molar-refractivity contribution < 1.29 is 18.1 Å². The van der Waals surface area contributed by atoms with Crippen LogP contribution in [-0.2, 0) is 14.8 Å². The van der Waals surface area contributed by atoms with Crippen LogP contribution in [0.15, 0.2) is 48.5 Å². The molecule has 8 nitrogen and oxygen atoms in total. The lowest BCUT2D eigenvalue weighted by molar-refractivity contribution is -0.384. The summed E-state index contributed by atoms with van der Waals surface area (Å²) in [6, 6.07) is 12.3. The second kappa shape index (κ2) is 8.83. The van der Waals surface area contributed by atoms with E-state index in [0.717, 1.165) is 6.26 Å². The zero-order valence-corrected chi connectivity index (χ0v) is 16.0. The third kappa shape index (κ3) is 5.93. The summed E-state index contributed by atoms with van der Waals surface area (Å²) < 4.78 is 25.2. The monoisotopic (exact) mass is 411 g/mol. The van der Waals surface area contributed by atoms with Gasteiger partial charge in [0.25, 0.3) is 5.69 Å². The molecule has 0 aliphatic heterocycles. The number of sulfonamides is 1. The van der Waals surface area contributed by atoms with Crippen molar-refractivity contribution >= 4 is 44.6 Å². The average Bonchev–Trinajstić information content (AvgIpc) is 2.60. The number of nitrogens with one attached hydrogen (secondary N) is 1. The minimum absolute atomic E-state index is 0.0257. The number of nitrogens with zero attached hydrogens (tertiary/aromatic N) is 2. The Kier molecular flexibility index (Phi) is 6.75. The van der Waals surface area contributed by atoms with Crippen molar-refractivity contribution in [2.24, 2.45) is 0 Å². The molecule has 0 bridgehead atoms. The van der Waals surface area contributed by atoms with Crippen LogP contribution in [-0.4, -0.2) is 32.0 Å². The number of benzene rings is 2. The number of amides is 1. The van der Waals surface area contributed by atoms with Crippen LogP contribution < -0.4 is 9.62 Å². The summed E-state index contributed by atoms with van der Waals surface area (Å²) in [5.41, 5.74) is 0.461. The van der Waals surface area contributed by atoms with Gasteiger partial charge in [-0.1, -0.05) is 29.8 Å². The number of non-ortho nitro benzene ring substituents is 1. The Morgan fingerprint density at radius 2 is 1.89 bits per heavy atom. The zero-order valence-electron chi connectivity index (χ0n) is 14.5. The third-order valence-electron chi connectivity index (χ3n) is 3.64. The lowest BCUT2D eigenvalue weighted by atomic mass is 10.2. The molecule has 0 spiro atoms. The van der Waals surface area contributed by atoms with Gasteiger partial charge in [0.1, 0.15) is 0 Å². The van der Waals surface area contributed by atoms with Crippen molar-refractivity contribution in [1.29, 1.82) is 0 Å². The van der Waals surface area contributed by atoms with Gasteiger partial charge in [-0.25, -0.2) is 8.42 Å². The molecular formula is C17H18ClN3O5S. The van der Waals surface area contributed by atoms with Gasteiger partial charge < -0.3 is 5.32 Å². The SMILES string of the molecule is CS(=O)(=O)N(CCCC(=O)Nc1cc([N+](=O)[O-])ccc1Cl)c1ccccc1. The van der Waals surface area contributed by atoms with E-state index in [-0.39, 0.29) is 35.8 Å². The number of halogens is 1. The van der Waals surface area contributed by atoms with Crippen molar-refractivity contribution in [2.75, 3.05) is 22.4 Å². The van der Waals surface area contributed by atoms with Crippen LogP contribution in [0.25, 0.3) is 0 Å². The molecule has 0 aliphatic rings. The molecule has 1 N–H and O–H groups in total. The predicted molar refractivity (Wildman–Crippen MR) is 105 cm³/mol. The van der Waals surface area contributed by atoms with Gasteiger partial charge in [-0.2, -0.15) is 0 Å². The highest BCUT2D eigenvalue weighted by Gasteiger charge is 2.18. The first-order valence-electron chi connectivity index (χ1n) is 7.95. The molecule has 0 aromatic heterocycles. The van der Waals surface area contributed by atoms with Crippen LogP contribution in [0.2, 0.25) is 5.02 Å². The summed E-state index contributed by atoms with van der Waals surface area (Å²) in [7, 11) is -3.49. The molecule has 144 valence electrons. The van der Waals surface area contributed by atoms with Gasteiger partial charge in [0.2, 0.25) is 15.9 Å². The molecule has 0 aliphatic carbocycles. The number of hydrogen-bond acceptors (Lipinski definition) is 5. The van der Waals surface area contributed by atoms with E-state index < -0.39 is 20.9 Å². The Morgan fingerprint density at radius 1 is 1.22 bits per heavy atom. The molecule has 2 aromatic rings. The highest BCUT2D eigenvalue weighted by molar-refractivity contribution is 7.92. The van der Waals surface area contributed by atoms with Crippen LogP contribution in [0, 0.1) is 10.1 Å². The summed E-state index contributed by atoms with van der Waals surface area (Å²) in [5.74, 6) is -0.418. The van der Waals surface area contributed by atoms with Gasteiger partial charge in [-0.05, 0) is 24.6 Å². The van der Waals surface area contributed by atoms with Crippen LogP contribution in [0.5, 0.6) is 0 Å². The van der Waals surface area contributed by atoms with E-state index in [2.05, 4.69) is 5.32 Å². The first kappa shape index (κ1) is 20.7. The number of nitro benzene ring substituents is 1. The number of anilines is 2. The van der Waals surface area contributed by atoms with Gasteiger partial charge >= 0.3 is 0 Å². The first-order valence-corrected chi connectivity index (χ1v) is 10.2. The summed E-state index contributed by atoms with van der Waals surface area (Å²) in [6.45, 7) is 0.124. The number of rotatable bonds is 8. The molecule has 10 heteroatoms. The maximum atomic E-state index is 12.1. The maximum absolute atomic E-state index is 12.1. The molecule has 2 aromatic carbocycles. The summed E-state index contributed by atoms with van der Waals surface area (Å²) in [5, 5.41) is 13.5. The smallest absolute Gasteiger partial charge is 0.271 e. The number of hydrogen-bond donors (Lipinski definition) is 1. The van der Waals surface area contributed by atoms with E-state index in [4.69, 9.17) is 11.6 Å². The Labute approximate surface area is 162 Å². The molecule has 1 amide bonds. The average molecular weight is 412 g/mol. The second-order valence-electron chi connectivity index (χ2n) is 5.74. The summed E-state index contributed by atoms with van der Waals surface area (Å²) >= 11 is 5.94. The van der Waals surface area contributed by atoms with Crippen molar-refractivity contribution in [3.8, 4) is 0 Å². The lowest BCUT2D eigenvalue weighted by Gasteiger charge is -2.22. The molecule has 0 heterocycles. The molecule has 2 rings (SSSR count). The van der Waals surface area contributed by atoms with Crippen molar-refractivity contribution in [2.45, 2.75) is 12.8 Å². The van der Waals surface area contributed by atoms with Gasteiger partial charge in [0.15, 0.2) is 0 Å². The second-order valence-corrected chi connectivity index (χ2v) is 8.06. The minimum Gasteiger partial charge on any atom is -0.325 e. The van der Waals surface area contributed by atoms with Crippen LogP contribution >= 0.6 is 11.6 Å². The first-order chi connectivity index (χ1) is 12.7. The lowest BCUT2D eigenvalue weighted by Crippen LogP contribution is -2.31. The highest BCUT2D eigenvalue weighted by atomic mass is 35.5. The van der Waals surface area contributed by atoms with Gasteiger partial charge in [0, 0.05) is 25.1 Å². The molecule has 27 heavy (non-hydrogen) atoms. The maximum Gasteiger partial charge on any atom is 0.271 e. The predicted octanol–water partition coefficient (Wildman–Crippen LogP) is 3.43. The number of carbonyl (C=O) groups excluding carboxylic acids is 1. The van der Waals surface area contributed by atoms with E-state index in [9.17, 15) is 23.3 Å². The standard InChI is InChI=1S/C17H18ClN3O5S/c1-27(25,26)20(13-6-3-2-4-7-13)11-5-8-17(22)19-16-12-14(21(23)24)9-10-15(16)18/h2-4,6-7,9-10,12H,5,8,11H2,1H3,(H,19,22). The minimum atomic E-state index is -3.49. The van der Waals surface area contributed by atoms with E-state index in [0.29, 0.717) is 5.69 Å². The molecular weight excluding hydrogens is 394 g/mol. The molecule has 0 saturated heterocycles. The normalized spacial score (nSPS) is 11.0. The highest BCUT2D eigenvalue weighted by Crippen LogP contribution is 2.27. The summed E-state index contributed by atoms with van der Waals surface area (Å²) in [6.07, 6.45) is 1.39. The Morgan fingerprint density at radius 3 is 2.48 bits per heavy atom. The zero-order chi connectivity index (χ0) is 20.0. The number of carbonyl (C=O) groups is 1. The fourth-order valence-corrected chi connectivity index (χ4v) is 3.53. The van der Waals surface area contributed by atoms with Gasteiger partial charge in [-0.15, -0.1) is 0 Å². The third-order valence-corrected chi connectivity index (χ3v) is 5.17. The molecule has 0 radical (unpaired) electrons. The summed E-state index contributed by atoms with van der Waals surface area (Å²) in [4.78, 5) is 22.3. The van der Waals surface area contributed by atoms with Crippen LogP contribution in [0.1, 0.15) is 12.8 Å². The van der Waals surface area contributed by atoms with E-state index in [1.54, 1.807) is 30.3 Å². The van der Waals surface area contributed by atoms with Crippen molar-refractivity contribution in [3.63, 3.8) is 0 Å². The van der Waals surface area contributed by atoms with E-state index in [1.807, 2.05) is 0 Å². The quantitative estimate of drug-likeness (QED) is 0.528. The van der Waals surface area contributed by atoms with Gasteiger partial charge in [0.05, 0.1) is 27.6 Å². The van der Waals surface area contributed by atoms with Crippen molar-refractivity contribution in [1.82, 2.24) is 0 Å². The topological polar surface area (TPSA) is 110 Å². The van der Waals surface area contributed by atoms with Crippen LogP contribution in [0.3, 0.4) is 0 Å². The molecule has 0 unspecified atom stereocenters. The largest absolute Gasteiger partial charge is 0.325 e. The number of para-hydroxylation sites is 1. The molecule has 0 fully saturated rings. The molecule has 0 atom stereocenters. The van der Waals surface area contributed by atoms with E-state index >= 15 is 0 Å². The van der Waals surface area contributed by atoms with Crippen molar-refractivity contribution in [3.05, 3.63) is 63.7 Å². The van der Waals surface area contributed by atoms with Gasteiger partial charge in [-0.3, -0.25) is 19.2 Å². The number of nitro groups is 1.